The third-order valence-corrected chi connectivity index (χ3v) is 7.12. The average Bonchev–Trinajstić information content (AvgIpc) is 3.42. The van der Waals surface area contributed by atoms with Crippen LogP contribution in [0, 0.1) is 13.8 Å². The number of nitrogens with zero attached hydrogens (tertiary/aromatic N) is 3. The number of imidazole rings is 1. The zero-order chi connectivity index (χ0) is 24.4. The number of unbranched alkanes of at least 4 members (excludes halogenated alkanes) is 1. The van der Waals surface area contributed by atoms with Gasteiger partial charge in [-0.3, -0.25) is 4.79 Å². The summed E-state index contributed by atoms with van der Waals surface area (Å²) in [6.07, 6.45) is 2.36. The lowest BCUT2D eigenvalue weighted by molar-refractivity contribution is -0.117. The predicted octanol–water partition coefficient (Wildman–Crippen LogP) is 6.69. The van der Waals surface area contributed by atoms with Gasteiger partial charge in [-0.25, -0.2) is 4.98 Å². The molecule has 0 aliphatic carbocycles. The molecule has 3 aromatic carbocycles. The van der Waals surface area contributed by atoms with Crippen molar-refractivity contribution in [1.29, 1.82) is 0 Å². The number of amides is 1. The molecule has 0 saturated carbocycles. The van der Waals surface area contributed by atoms with E-state index in [0.717, 1.165) is 47.7 Å². The first-order chi connectivity index (χ1) is 17.0. The summed E-state index contributed by atoms with van der Waals surface area (Å²) in [7, 11) is 0. The van der Waals surface area contributed by atoms with Gasteiger partial charge >= 0.3 is 0 Å². The molecule has 1 fully saturated rings. The SMILES string of the molecule is Cc1cccc(OCCCCn2c(C3CC(=O)N(c4cccc(Cl)c4)C3)nc3ccccc32)c1C. The van der Waals surface area contributed by atoms with Crippen molar-refractivity contribution in [2.24, 2.45) is 0 Å². The Morgan fingerprint density at radius 2 is 1.86 bits per heavy atom. The number of hydrogen-bond donors (Lipinski definition) is 0. The first-order valence-electron chi connectivity index (χ1n) is 12.2. The summed E-state index contributed by atoms with van der Waals surface area (Å²) in [5, 5.41) is 0.633. The summed E-state index contributed by atoms with van der Waals surface area (Å²) >= 11 is 6.18. The van der Waals surface area contributed by atoms with Crippen molar-refractivity contribution in [2.45, 2.75) is 45.6 Å². The molecule has 1 atom stereocenters. The van der Waals surface area contributed by atoms with Gasteiger partial charge in [-0.1, -0.05) is 41.9 Å². The molecule has 5 rings (SSSR count). The van der Waals surface area contributed by atoms with E-state index in [1.165, 1.54) is 11.1 Å². The van der Waals surface area contributed by atoms with E-state index in [-0.39, 0.29) is 11.8 Å². The van der Waals surface area contributed by atoms with E-state index >= 15 is 0 Å². The standard InChI is InChI=1S/C29H30ClN3O2/c1-20-9-7-14-27(21(20)2)35-16-6-5-15-32-26-13-4-3-12-25(26)31-29(32)22-17-28(34)33(19-22)24-11-8-10-23(30)18-24/h3-4,7-14,18,22H,5-6,15-17,19H2,1-2H3. The van der Waals surface area contributed by atoms with Crippen molar-refractivity contribution in [3.05, 3.63) is 88.7 Å². The summed E-state index contributed by atoms with van der Waals surface area (Å²) in [4.78, 5) is 19.7. The lowest BCUT2D eigenvalue weighted by Crippen LogP contribution is -2.24. The van der Waals surface area contributed by atoms with Gasteiger partial charge in [0, 0.05) is 36.1 Å². The number of carbonyl (C=O) groups excluding carboxylic acids is 1. The Morgan fingerprint density at radius 3 is 2.71 bits per heavy atom. The van der Waals surface area contributed by atoms with Crippen LogP contribution in [-0.4, -0.2) is 28.6 Å². The first-order valence-corrected chi connectivity index (χ1v) is 12.6. The van der Waals surface area contributed by atoms with Crippen molar-refractivity contribution in [3.63, 3.8) is 0 Å². The molecule has 2 heterocycles. The molecule has 35 heavy (non-hydrogen) atoms. The number of carbonyl (C=O) groups is 1. The van der Waals surface area contributed by atoms with Gasteiger partial charge in [0.15, 0.2) is 0 Å². The normalized spacial score (nSPS) is 15.8. The van der Waals surface area contributed by atoms with E-state index in [1.807, 2.05) is 59.5 Å². The van der Waals surface area contributed by atoms with Gasteiger partial charge in [-0.15, -0.1) is 0 Å². The highest BCUT2D eigenvalue weighted by Gasteiger charge is 2.34. The highest BCUT2D eigenvalue weighted by atomic mass is 35.5. The molecule has 1 amide bonds. The van der Waals surface area contributed by atoms with Crippen LogP contribution in [0.15, 0.2) is 66.7 Å². The number of hydrogen-bond acceptors (Lipinski definition) is 3. The molecule has 1 unspecified atom stereocenters. The maximum Gasteiger partial charge on any atom is 0.227 e. The number of halogens is 1. The predicted molar refractivity (Wildman–Crippen MR) is 142 cm³/mol. The second kappa shape index (κ2) is 10.1. The Balaban J connectivity index is 1.30. The molecule has 180 valence electrons. The van der Waals surface area contributed by atoms with Gasteiger partial charge in [0.05, 0.1) is 17.6 Å². The van der Waals surface area contributed by atoms with E-state index in [1.54, 1.807) is 0 Å². The van der Waals surface area contributed by atoms with Crippen molar-refractivity contribution in [2.75, 3.05) is 18.1 Å². The van der Waals surface area contributed by atoms with Crippen LogP contribution in [0.1, 0.15) is 42.1 Å². The minimum Gasteiger partial charge on any atom is -0.493 e. The van der Waals surface area contributed by atoms with Crippen molar-refractivity contribution in [3.8, 4) is 5.75 Å². The molecular formula is C29H30ClN3O2. The molecule has 6 heteroatoms. The fraction of sp³-hybridized carbons (Fsp3) is 0.310. The largest absolute Gasteiger partial charge is 0.493 e. The van der Waals surface area contributed by atoms with Gasteiger partial charge in [-0.05, 0) is 74.2 Å². The summed E-state index contributed by atoms with van der Waals surface area (Å²) in [5.41, 5.74) is 5.38. The third kappa shape index (κ3) is 4.92. The molecule has 1 saturated heterocycles. The van der Waals surface area contributed by atoms with Crippen molar-refractivity contribution in [1.82, 2.24) is 9.55 Å². The second-order valence-electron chi connectivity index (χ2n) is 9.25. The minimum atomic E-state index is 0.0417. The van der Waals surface area contributed by atoms with Crippen LogP contribution in [-0.2, 0) is 11.3 Å². The highest BCUT2D eigenvalue weighted by Crippen LogP contribution is 2.34. The van der Waals surface area contributed by atoms with Crippen molar-refractivity contribution >= 4 is 34.2 Å². The molecular weight excluding hydrogens is 458 g/mol. The molecule has 1 aliphatic rings. The van der Waals surface area contributed by atoms with Crippen LogP contribution in [0.3, 0.4) is 0 Å². The fourth-order valence-electron chi connectivity index (χ4n) is 4.85. The Bertz CT molecular complexity index is 1360. The van der Waals surface area contributed by atoms with Crippen LogP contribution in [0.4, 0.5) is 5.69 Å². The van der Waals surface area contributed by atoms with E-state index in [4.69, 9.17) is 21.3 Å². The lowest BCUT2D eigenvalue weighted by atomic mass is 10.1. The van der Waals surface area contributed by atoms with Gasteiger partial charge in [0.2, 0.25) is 5.91 Å². The zero-order valence-corrected chi connectivity index (χ0v) is 21.0. The van der Waals surface area contributed by atoms with Crippen LogP contribution < -0.4 is 9.64 Å². The average molecular weight is 488 g/mol. The highest BCUT2D eigenvalue weighted by molar-refractivity contribution is 6.30. The molecule has 1 aliphatic heterocycles. The number of aryl methyl sites for hydroxylation is 2. The molecule has 0 bridgehead atoms. The number of rotatable bonds is 8. The van der Waals surface area contributed by atoms with Crippen LogP contribution in [0.25, 0.3) is 11.0 Å². The molecule has 0 spiro atoms. The first kappa shape index (κ1) is 23.4. The monoisotopic (exact) mass is 487 g/mol. The summed E-state index contributed by atoms with van der Waals surface area (Å²) in [5.74, 6) is 2.10. The number of benzene rings is 3. The molecule has 5 nitrogen and oxygen atoms in total. The van der Waals surface area contributed by atoms with E-state index in [0.29, 0.717) is 24.6 Å². The van der Waals surface area contributed by atoms with Gasteiger partial charge in [0.25, 0.3) is 0 Å². The minimum absolute atomic E-state index is 0.0417. The van der Waals surface area contributed by atoms with Crippen LogP contribution in [0.2, 0.25) is 5.02 Å². The Hall–Kier alpha value is -3.31. The molecule has 1 aromatic heterocycles. The summed E-state index contributed by atoms with van der Waals surface area (Å²) in [6.45, 7) is 6.34. The van der Waals surface area contributed by atoms with Gasteiger partial charge < -0.3 is 14.2 Å². The Labute approximate surface area is 211 Å². The van der Waals surface area contributed by atoms with E-state index in [2.05, 4.69) is 30.5 Å². The Kier molecular flexibility index (Phi) is 6.78. The molecule has 0 radical (unpaired) electrons. The number of aromatic nitrogens is 2. The fourth-order valence-corrected chi connectivity index (χ4v) is 5.03. The third-order valence-electron chi connectivity index (χ3n) is 6.88. The topological polar surface area (TPSA) is 47.4 Å². The van der Waals surface area contributed by atoms with E-state index in [9.17, 15) is 4.79 Å². The Morgan fingerprint density at radius 1 is 1.03 bits per heavy atom. The lowest BCUT2D eigenvalue weighted by Gasteiger charge is -2.18. The van der Waals surface area contributed by atoms with Gasteiger partial charge in [0.1, 0.15) is 11.6 Å². The van der Waals surface area contributed by atoms with E-state index < -0.39 is 0 Å². The maximum absolute atomic E-state index is 12.9. The summed E-state index contributed by atoms with van der Waals surface area (Å²) < 4.78 is 8.35. The van der Waals surface area contributed by atoms with Gasteiger partial charge in [-0.2, -0.15) is 0 Å². The molecule has 4 aromatic rings. The van der Waals surface area contributed by atoms with Crippen molar-refractivity contribution < 1.29 is 9.53 Å². The smallest absolute Gasteiger partial charge is 0.227 e. The number of ether oxygens (including phenoxy) is 1. The van der Waals surface area contributed by atoms with Crippen LogP contribution >= 0.6 is 11.6 Å². The number of anilines is 1. The number of fused-ring (bicyclic) bond motifs is 1. The molecule has 0 N–H and O–H groups in total. The zero-order valence-electron chi connectivity index (χ0n) is 20.2. The second-order valence-corrected chi connectivity index (χ2v) is 9.69. The quantitative estimate of drug-likeness (QED) is 0.260. The number of para-hydroxylation sites is 2. The van der Waals surface area contributed by atoms with Crippen LogP contribution in [0.5, 0.6) is 5.75 Å². The summed E-state index contributed by atoms with van der Waals surface area (Å²) in [6, 6.07) is 21.9. The maximum atomic E-state index is 12.9.